The fraction of sp³-hybridized carbons (Fsp3) is 0.391. The van der Waals surface area contributed by atoms with Gasteiger partial charge in [0.2, 0.25) is 5.91 Å². The third-order valence-electron chi connectivity index (χ3n) is 5.21. The van der Waals surface area contributed by atoms with Gasteiger partial charge < -0.3 is 15.0 Å². The molecule has 0 saturated carbocycles. The van der Waals surface area contributed by atoms with Crippen molar-refractivity contribution in [3.8, 4) is 5.75 Å². The number of aryl methyl sites for hydroxylation is 2. The van der Waals surface area contributed by atoms with Gasteiger partial charge in [-0.25, -0.2) is 4.98 Å². The second kappa shape index (κ2) is 8.41. The molecule has 1 N–H and O–H groups in total. The van der Waals surface area contributed by atoms with Crippen LogP contribution in [0.3, 0.4) is 0 Å². The van der Waals surface area contributed by atoms with Gasteiger partial charge in [0.1, 0.15) is 5.75 Å². The predicted octanol–water partition coefficient (Wildman–Crippen LogP) is 5.17. The molecule has 1 aromatic heterocycles. The van der Waals surface area contributed by atoms with Gasteiger partial charge in [0.25, 0.3) is 0 Å². The summed E-state index contributed by atoms with van der Waals surface area (Å²) in [7, 11) is 0. The van der Waals surface area contributed by atoms with Crippen LogP contribution >= 0.6 is 11.3 Å². The number of hydrogen-bond donors (Lipinski definition) is 1. The van der Waals surface area contributed by atoms with Crippen LogP contribution in [0.4, 0.5) is 10.8 Å². The van der Waals surface area contributed by atoms with Gasteiger partial charge in [-0.15, -0.1) is 0 Å². The molecule has 29 heavy (non-hydrogen) atoms. The molecular weight excluding hydrogens is 382 g/mol. The Morgan fingerprint density at radius 3 is 2.79 bits per heavy atom. The minimum atomic E-state index is -0.0319. The molecule has 6 heteroatoms. The van der Waals surface area contributed by atoms with E-state index in [0.29, 0.717) is 13.2 Å². The van der Waals surface area contributed by atoms with Crippen LogP contribution in [0.25, 0.3) is 10.2 Å². The third kappa shape index (κ3) is 4.53. The first-order valence-corrected chi connectivity index (χ1v) is 11.0. The lowest BCUT2D eigenvalue weighted by atomic mass is 9.97. The number of benzene rings is 2. The molecule has 2 heterocycles. The number of aromatic nitrogens is 1. The number of carbonyl (C=O) groups is 1. The molecule has 152 valence electrons. The van der Waals surface area contributed by atoms with E-state index in [2.05, 4.69) is 30.1 Å². The van der Waals surface area contributed by atoms with E-state index in [4.69, 9.17) is 9.72 Å². The van der Waals surface area contributed by atoms with Crippen LogP contribution in [-0.4, -0.2) is 30.6 Å². The summed E-state index contributed by atoms with van der Waals surface area (Å²) in [5.74, 6) is 0.939. The van der Waals surface area contributed by atoms with Crippen LogP contribution in [0.2, 0.25) is 0 Å². The second-order valence-corrected chi connectivity index (χ2v) is 8.72. The van der Waals surface area contributed by atoms with Gasteiger partial charge in [0, 0.05) is 18.8 Å². The van der Waals surface area contributed by atoms with Gasteiger partial charge in [0.15, 0.2) is 5.13 Å². The molecule has 1 atom stereocenters. The molecule has 3 aromatic rings. The van der Waals surface area contributed by atoms with Crippen molar-refractivity contribution in [2.24, 2.45) is 5.92 Å². The van der Waals surface area contributed by atoms with E-state index in [1.807, 2.05) is 37.3 Å². The maximum Gasteiger partial charge on any atom is 0.229 e. The van der Waals surface area contributed by atoms with Crippen molar-refractivity contribution >= 4 is 38.3 Å². The lowest BCUT2D eigenvalue weighted by Gasteiger charge is -2.31. The highest BCUT2D eigenvalue weighted by Gasteiger charge is 2.27. The van der Waals surface area contributed by atoms with Gasteiger partial charge in [-0.3, -0.25) is 4.79 Å². The van der Waals surface area contributed by atoms with Crippen LogP contribution in [0, 0.1) is 19.8 Å². The van der Waals surface area contributed by atoms with E-state index in [-0.39, 0.29) is 11.8 Å². The Labute approximate surface area is 175 Å². The van der Waals surface area contributed by atoms with Crippen molar-refractivity contribution in [1.29, 1.82) is 0 Å². The lowest BCUT2D eigenvalue weighted by Crippen LogP contribution is -2.40. The van der Waals surface area contributed by atoms with Crippen LogP contribution in [0.5, 0.6) is 5.75 Å². The van der Waals surface area contributed by atoms with Crippen LogP contribution in [-0.2, 0) is 4.79 Å². The molecule has 0 bridgehead atoms. The number of rotatable bonds is 5. The van der Waals surface area contributed by atoms with Crippen LogP contribution in [0.1, 0.15) is 30.9 Å². The van der Waals surface area contributed by atoms with E-state index in [1.54, 1.807) is 11.3 Å². The molecule has 0 unspecified atom stereocenters. The summed E-state index contributed by atoms with van der Waals surface area (Å²) in [4.78, 5) is 19.9. The summed E-state index contributed by atoms with van der Waals surface area (Å²) in [5, 5.41) is 4.10. The number of hydrogen-bond acceptors (Lipinski definition) is 5. The summed E-state index contributed by atoms with van der Waals surface area (Å²) in [6, 6.07) is 12.2. The molecule has 1 aliphatic rings. The summed E-state index contributed by atoms with van der Waals surface area (Å²) < 4.78 is 6.72. The fourth-order valence-corrected chi connectivity index (χ4v) is 4.97. The van der Waals surface area contributed by atoms with E-state index < -0.39 is 0 Å². The first-order valence-electron chi connectivity index (χ1n) is 10.2. The number of thiazole rings is 1. The van der Waals surface area contributed by atoms with Crippen molar-refractivity contribution in [3.63, 3.8) is 0 Å². The Morgan fingerprint density at radius 1 is 1.24 bits per heavy atom. The van der Waals surface area contributed by atoms with Crippen molar-refractivity contribution < 1.29 is 9.53 Å². The molecule has 0 radical (unpaired) electrons. The fourth-order valence-electron chi connectivity index (χ4n) is 3.94. The summed E-state index contributed by atoms with van der Waals surface area (Å²) in [5.41, 5.74) is 4.18. The third-order valence-corrected chi connectivity index (χ3v) is 6.29. The smallest absolute Gasteiger partial charge is 0.229 e. The second-order valence-electron chi connectivity index (χ2n) is 7.71. The predicted molar refractivity (Wildman–Crippen MR) is 120 cm³/mol. The normalized spacial score (nSPS) is 16.8. The Bertz CT molecular complexity index is 1010. The van der Waals surface area contributed by atoms with E-state index in [0.717, 1.165) is 57.3 Å². The molecule has 4 rings (SSSR count). The zero-order chi connectivity index (χ0) is 20.4. The Balaban J connectivity index is 1.47. The standard InChI is InChI=1S/C23H27N3O2S/c1-4-28-19-7-8-20-21(13-19)29-23(25-20)26-9-5-6-17(14-26)22(27)24-18-11-15(2)10-16(3)12-18/h7-8,10-13,17H,4-6,9,14H2,1-3H3,(H,24,27)/t17-/m0/s1. The summed E-state index contributed by atoms with van der Waals surface area (Å²) in [6.45, 7) is 8.38. The Kier molecular flexibility index (Phi) is 5.72. The number of nitrogens with zero attached hydrogens (tertiary/aromatic N) is 2. The molecular formula is C23H27N3O2S. The number of carbonyl (C=O) groups excluding carboxylic acids is 1. The quantitative estimate of drug-likeness (QED) is 0.632. The first kappa shape index (κ1) is 19.7. The van der Waals surface area contributed by atoms with Gasteiger partial charge >= 0.3 is 0 Å². The largest absolute Gasteiger partial charge is 0.494 e. The van der Waals surface area contributed by atoms with E-state index >= 15 is 0 Å². The highest BCUT2D eigenvalue weighted by Crippen LogP contribution is 2.33. The lowest BCUT2D eigenvalue weighted by molar-refractivity contribution is -0.120. The SMILES string of the molecule is CCOc1ccc2nc(N3CCC[C@H](C(=O)Nc4cc(C)cc(C)c4)C3)sc2c1. The molecule has 5 nitrogen and oxygen atoms in total. The van der Waals surface area contributed by atoms with Gasteiger partial charge in [-0.2, -0.15) is 0 Å². The number of piperidine rings is 1. The van der Waals surface area contributed by atoms with Crippen LogP contribution in [0.15, 0.2) is 36.4 Å². The number of fused-ring (bicyclic) bond motifs is 1. The van der Waals surface area contributed by atoms with E-state index in [9.17, 15) is 4.79 Å². The molecule has 0 aliphatic carbocycles. The number of nitrogens with one attached hydrogen (secondary N) is 1. The Hall–Kier alpha value is -2.60. The highest BCUT2D eigenvalue weighted by atomic mass is 32.1. The topological polar surface area (TPSA) is 54.5 Å². The van der Waals surface area contributed by atoms with Gasteiger partial charge in [0.05, 0.1) is 22.7 Å². The molecule has 0 spiro atoms. The molecule has 1 amide bonds. The summed E-state index contributed by atoms with van der Waals surface area (Å²) in [6.07, 6.45) is 1.90. The zero-order valence-corrected chi connectivity index (χ0v) is 18.0. The minimum absolute atomic E-state index is 0.0319. The monoisotopic (exact) mass is 409 g/mol. The average Bonchev–Trinajstić information content (AvgIpc) is 3.11. The van der Waals surface area contributed by atoms with E-state index in [1.165, 1.54) is 0 Å². The average molecular weight is 410 g/mol. The molecule has 1 fully saturated rings. The molecule has 1 aliphatic heterocycles. The van der Waals surface area contributed by atoms with Gasteiger partial charge in [-0.1, -0.05) is 17.4 Å². The van der Waals surface area contributed by atoms with Gasteiger partial charge in [-0.05, 0) is 75.1 Å². The molecule has 1 saturated heterocycles. The van der Waals surface area contributed by atoms with Crippen LogP contribution < -0.4 is 15.0 Å². The number of anilines is 2. The highest BCUT2D eigenvalue weighted by molar-refractivity contribution is 7.22. The Morgan fingerprint density at radius 2 is 2.03 bits per heavy atom. The van der Waals surface area contributed by atoms with Crippen molar-refractivity contribution in [1.82, 2.24) is 4.98 Å². The maximum absolute atomic E-state index is 12.9. The number of amides is 1. The first-order chi connectivity index (χ1) is 14.0. The number of ether oxygens (including phenoxy) is 1. The van der Waals surface area contributed by atoms with Crippen molar-refractivity contribution in [2.45, 2.75) is 33.6 Å². The molecule has 2 aromatic carbocycles. The maximum atomic E-state index is 12.9. The summed E-state index contributed by atoms with van der Waals surface area (Å²) >= 11 is 1.67. The van der Waals surface area contributed by atoms with Crippen molar-refractivity contribution in [2.75, 3.05) is 29.9 Å². The van der Waals surface area contributed by atoms with Crippen molar-refractivity contribution in [3.05, 3.63) is 47.5 Å². The minimum Gasteiger partial charge on any atom is -0.494 e. The zero-order valence-electron chi connectivity index (χ0n) is 17.2.